The monoisotopic (exact) mass is 380 g/mol. The lowest BCUT2D eigenvalue weighted by molar-refractivity contribution is 0.303. The number of nitrogens with zero attached hydrogens (tertiary/aromatic N) is 3. The molecular weight excluding hydrogens is 364 g/mol. The largest absolute Gasteiger partial charge is 0.493 e. The summed E-state index contributed by atoms with van der Waals surface area (Å²) in [6, 6.07) is 12.5. The maximum atomic E-state index is 12.4. The number of halogens is 1. The predicted molar refractivity (Wildman–Crippen MR) is 105 cm³/mol. The molecule has 27 heavy (non-hydrogen) atoms. The van der Waals surface area contributed by atoms with Gasteiger partial charge in [0.15, 0.2) is 0 Å². The Kier molecular flexibility index (Phi) is 4.89. The second kappa shape index (κ2) is 7.63. The third-order valence-electron chi connectivity index (χ3n) is 4.19. The van der Waals surface area contributed by atoms with Crippen LogP contribution in [0.25, 0.3) is 22.3 Å². The highest BCUT2D eigenvalue weighted by atomic mass is 35.5. The van der Waals surface area contributed by atoms with Gasteiger partial charge in [-0.3, -0.25) is 4.79 Å². The van der Waals surface area contributed by atoms with Crippen molar-refractivity contribution in [2.75, 3.05) is 6.61 Å². The third-order valence-corrected chi connectivity index (χ3v) is 4.42. The summed E-state index contributed by atoms with van der Waals surface area (Å²) in [5, 5.41) is 1.10. The van der Waals surface area contributed by atoms with E-state index < -0.39 is 0 Å². The van der Waals surface area contributed by atoms with Gasteiger partial charge in [0.05, 0.1) is 29.4 Å². The number of ether oxygens (including phenoxy) is 1. The van der Waals surface area contributed by atoms with Gasteiger partial charge >= 0.3 is 0 Å². The number of hydrogen-bond donors (Lipinski definition) is 1. The SMILES string of the molecule is O=c1[nH]c(-c2cc(Cl)ccc2OCCCn2ccnc2)nc2ccccc12. The summed E-state index contributed by atoms with van der Waals surface area (Å²) in [5.41, 5.74) is 1.09. The number of hydrogen-bond acceptors (Lipinski definition) is 4. The Balaban J connectivity index is 1.60. The van der Waals surface area contributed by atoms with Gasteiger partial charge in [0.25, 0.3) is 5.56 Å². The van der Waals surface area contributed by atoms with Crippen LogP contribution in [0, 0.1) is 0 Å². The fraction of sp³-hybridized carbons (Fsp3) is 0.150. The highest BCUT2D eigenvalue weighted by Crippen LogP contribution is 2.30. The summed E-state index contributed by atoms with van der Waals surface area (Å²) in [7, 11) is 0. The summed E-state index contributed by atoms with van der Waals surface area (Å²) in [4.78, 5) is 23.8. The first-order valence-electron chi connectivity index (χ1n) is 8.58. The molecule has 2 aromatic heterocycles. The van der Waals surface area contributed by atoms with Gasteiger partial charge in [0.2, 0.25) is 0 Å². The smallest absolute Gasteiger partial charge is 0.259 e. The minimum atomic E-state index is -0.193. The normalized spacial score (nSPS) is 11.0. The zero-order valence-corrected chi connectivity index (χ0v) is 15.2. The Morgan fingerprint density at radius 3 is 2.93 bits per heavy atom. The molecule has 136 valence electrons. The minimum Gasteiger partial charge on any atom is -0.493 e. The van der Waals surface area contributed by atoms with Crippen LogP contribution in [0.15, 0.2) is 66.0 Å². The molecule has 0 fully saturated rings. The Bertz CT molecular complexity index is 1120. The highest BCUT2D eigenvalue weighted by molar-refractivity contribution is 6.30. The van der Waals surface area contributed by atoms with E-state index in [1.165, 1.54) is 0 Å². The number of nitrogens with one attached hydrogen (secondary N) is 1. The second-order valence-electron chi connectivity index (χ2n) is 6.07. The standard InChI is InChI=1S/C20H17ClN4O2/c21-14-6-7-18(27-11-3-9-25-10-8-22-13-25)16(12-14)19-23-17-5-2-1-4-15(17)20(26)24-19/h1-2,4-8,10,12-13H,3,9,11H2,(H,23,24,26). The fourth-order valence-corrected chi connectivity index (χ4v) is 3.05. The van der Waals surface area contributed by atoms with Crippen molar-refractivity contribution < 1.29 is 4.74 Å². The predicted octanol–water partition coefficient (Wildman–Crippen LogP) is 3.91. The molecule has 4 rings (SSSR count). The molecule has 2 heterocycles. The van der Waals surface area contributed by atoms with Crippen molar-refractivity contribution in [2.45, 2.75) is 13.0 Å². The van der Waals surface area contributed by atoms with E-state index in [9.17, 15) is 4.79 Å². The van der Waals surface area contributed by atoms with E-state index in [1.807, 2.05) is 29.0 Å². The fourth-order valence-electron chi connectivity index (χ4n) is 2.88. The number of fused-ring (bicyclic) bond motifs is 1. The van der Waals surface area contributed by atoms with Crippen LogP contribution in [0.1, 0.15) is 6.42 Å². The van der Waals surface area contributed by atoms with Crippen molar-refractivity contribution in [3.8, 4) is 17.1 Å². The van der Waals surface area contributed by atoms with E-state index in [2.05, 4.69) is 15.0 Å². The molecule has 0 aliphatic carbocycles. The zero-order chi connectivity index (χ0) is 18.6. The molecule has 4 aromatic rings. The molecule has 6 nitrogen and oxygen atoms in total. The molecule has 0 bridgehead atoms. The molecule has 0 radical (unpaired) electrons. The van der Waals surface area contributed by atoms with Crippen molar-refractivity contribution in [1.82, 2.24) is 19.5 Å². The van der Waals surface area contributed by atoms with Crippen molar-refractivity contribution >= 4 is 22.5 Å². The number of rotatable bonds is 6. The zero-order valence-electron chi connectivity index (χ0n) is 14.4. The van der Waals surface area contributed by atoms with Crippen LogP contribution in [0.5, 0.6) is 5.75 Å². The van der Waals surface area contributed by atoms with Gasteiger partial charge in [-0.05, 0) is 36.8 Å². The van der Waals surface area contributed by atoms with Crippen molar-refractivity contribution in [2.24, 2.45) is 0 Å². The van der Waals surface area contributed by atoms with Crippen molar-refractivity contribution in [1.29, 1.82) is 0 Å². The Morgan fingerprint density at radius 2 is 2.07 bits per heavy atom. The quantitative estimate of drug-likeness (QED) is 0.515. The summed E-state index contributed by atoms with van der Waals surface area (Å²) in [6.45, 7) is 1.33. The summed E-state index contributed by atoms with van der Waals surface area (Å²) < 4.78 is 7.94. The first kappa shape index (κ1) is 17.3. The lowest BCUT2D eigenvalue weighted by Crippen LogP contribution is -2.10. The maximum absolute atomic E-state index is 12.4. The van der Waals surface area contributed by atoms with Gasteiger partial charge in [-0.1, -0.05) is 23.7 Å². The van der Waals surface area contributed by atoms with Gasteiger partial charge in [0, 0.05) is 24.0 Å². The topological polar surface area (TPSA) is 72.8 Å². The van der Waals surface area contributed by atoms with Crippen LogP contribution in [0.4, 0.5) is 0 Å². The molecule has 0 aliphatic heterocycles. The molecule has 7 heteroatoms. The molecule has 0 aliphatic rings. The molecule has 0 saturated carbocycles. The van der Waals surface area contributed by atoms with E-state index in [-0.39, 0.29) is 5.56 Å². The van der Waals surface area contributed by atoms with Crippen LogP contribution in [-0.4, -0.2) is 26.1 Å². The van der Waals surface area contributed by atoms with Crippen LogP contribution in [-0.2, 0) is 6.54 Å². The first-order valence-corrected chi connectivity index (χ1v) is 8.96. The summed E-state index contributed by atoms with van der Waals surface area (Å²) in [5.74, 6) is 1.06. The van der Waals surface area contributed by atoms with Crippen LogP contribution >= 0.6 is 11.6 Å². The average molecular weight is 381 g/mol. The van der Waals surface area contributed by atoms with Gasteiger partial charge < -0.3 is 14.3 Å². The van der Waals surface area contributed by atoms with Gasteiger partial charge in [-0.15, -0.1) is 0 Å². The number of aromatic amines is 1. The number of aromatic nitrogens is 4. The average Bonchev–Trinajstić information content (AvgIpc) is 3.19. The number of imidazole rings is 1. The molecule has 0 amide bonds. The molecule has 0 unspecified atom stereocenters. The van der Waals surface area contributed by atoms with Crippen LogP contribution in [0.2, 0.25) is 5.02 Å². The third kappa shape index (κ3) is 3.85. The molecule has 1 N–H and O–H groups in total. The van der Waals surface area contributed by atoms with Gasteiger partial charge in [0.1, 0.15) is 11.6 Å². The maximum Gasteiger partial charge on any atom is 0.259 e. The molecule has 0 saturated heterocycles. The number of H-pyrrole nitrogens is 1. The number of benzene rings is 2. The van der Waals surface area contributed by atoms with Crippen LogP contribution < -0.4 is 10.3 Å². The Hall–Kier alpha value is -3.12. The Labute approximate surface area is 160 Å². The lowest BCUT2D eigenvalue weighted by Gasteiger charge is -2.12. The molecule has 0 spiro atoms. The van der Waals surface area contributed by atoms with Crippen molar-refractivity contribution in [3.05, 3.63) is 76.6 Å². The number of aryl methyl sites for hydroxylation is 1. The summed E-state index contributed by atoms with van der Waals surface area (Å²) in [6.07, 6.45) is 6.26. The van der Waals surface area contributed by atoms with Crippen molar-refractivity contribution in [3.63, 3.8) is 0 Å². The van der Waals surface area contributed by atoms with E-state index in [0.717, 1.165) is 13.0 Å². The second-order valence-corrected chi connectivity index (χ2v) is 6.51. The lowest BCUT2D eigenvalue weighted by atomic mass is 10.1. The number of para-hydroxylation sites is 1. The highest BCUT2D eigenvalue weighted by Gasteiger charge is 2.12. The summed E-state index contributed by atoms with van der Waals surface area (Å²) >= 11 is 6.17. The van der Waals surface area contributed by atoms with Gasteiger partial charge in [-0.25, -0.2) is 9.97 Å². The van der Waals surface area contributed by atoms with E-state index in [4.69, 9.17) is 16.3 Å². The van der Waals surface area contributed by atoms with E-state index in [0.29, 0.717) is 39.7 Å². The molecular formula is C20H17ClN4O2. The first-order chi connectivity index (χ1) is 13.2. The van der Waals surface area contributed by atoms with Crippen LogP contribution in [0.3, 0.4) is 0 Å². The van der Waals surface area contributed by atoms with Gasteiger partial charge in [-0.2, -0.15) is 0 Å². The van der Waals surface area contributed by atoms with E-state index >= 15 is 0 Å². The Morgan fingerprint density at radius 1 is 1.19 bits per heavy atom. The minimum absolute atomic E-state index is 0.193. The molecule has 2 aromatic carbocycles. The van der Waals surface area contributed by atoms with E-state index in [1.54, 1.807) is 36.8 Å². The molecule has 0 atom stereocenters.